The summed E-state index contributed by atoms with van der Waals surface area (Å²) in [6, 6.07) is 3.85. The van der Waals surface area contributed by atoms with Gasteiger partial charge < -0.3 is 30.3 Å². The number of urea groups is 1. The van der Waals surface area contributed by atoms with Gasteiger partial charge in [0.05, 0.1) is 19.8 Å². The maximum atomic E-state index is 14.2. The minimum atomic E-state index is -2.58. The number of halogens is 4. The van der Waals surface area contributed by atoms with Crippen LogP contribution in [0.25, 0.3) is 0 Å². The van der Waals surface area contributed by atoms with Crippen LogP contribution in [0.3, 0.4) is 0 Å². The van der Waals surface area contributed by atoms with E-state index in [-0.39, 0.29) is 54.9 Å². The molecular weight excluding hydrogens is 537 g/mol. The number of benzene rings is 1. The van der Waals surface area contributed by atoms with Gasteiger partial charge in [-0.05, 0) is 68.8 Å². The second-order valence-electron chi connectivity index (χ2n) is 10.5. The van der Waals surface area contributed by atoms with Gasteiger partial charge >= 0.3 is 12.1 Å². The van der Waals surface area contributed by atoms with Crippen molar-refractivity contribution in [1.29, 1.82) is 0 Å². The molecule has 1 aliphatic carbocycles. The number of likely N-dealkylation sites (tertiary alicyclic amines) is 1. The molecule has 3 atom stereocenters. The summed E-state index contributed by atoms with van der Waals surface area (Å²) in [6.07, 6.45) is 1.69. The topological polar surface area (TPSA) is 91.9 Å². The minimum absolute atomic E-state index is 0.105. The lowest BCUT2D eigenvalue weighted by atomic mass is 9.83. The van der Waals surface area contributed by atoms with Gasteiger partial charge in [-0.15, -0.1) is 0 Å². The molecule has 1 aromatic rings. The van der Waals surface area contributed by atoms with Crippen LogP contribution < -0.4 is 16.0 Å². The maximum absolute atomic E-state index is 14.2. The van der Waals surface area contributed by atoms with Gasteiger partial charge in [0.15, 0.2) is 0 Å². The summed E-state index contributed by atoms with van der Waals surface area (Å²) < 4.78 is 52.1. The van der Waals surface area contributed by atoms with E-state index in [1.165, 1.54) is 19.2 Å². The molecule has 3 amide bonds. The summed E-state index contributed by atoms with van der Waals surface area (Å²) in [5.74, 6) is -3.06. The number of hydrogen-bond donors (Lipinski definition) is 3. The van der Waals surface area contributed by atoms with Gasteiger partial charge in [-0.1, -0.05) is 11.6 Å². The highest BCUT2D eigenvalue weighted by atomic mass is 35.5. The maximum Gasteiger partial charge on any atom is 0.406 e. The Morgan fingerprint density at radius 1 is 1.21 bits per heavy atom. The van der Waals surface area contributed by atoms with E-state index in [4.69, 9.17) is 16.3 Å². The molecule has 0 spiro atoms. The average Bonchev–Trinajstić information content (AvgIpc) is 2.89. The number of carbonyl (C=O) groups excluding carboxylic acids is 2. The molecule has 3 rings (SSSR count). The molecule has 2 fully saturated rings. The van der Waals surface area contributed by atoms with Crippen LogP contribution >= 0.6 is 11.6 Å². The SMILES string of the molecule is CNCC(CC1CCC(F)(F)CC1)NC(=O)N1CCCC(C(OCCNC(=O)OC)c2cc(F)cc(Cl)c2)C1. The standard InChI is InChI=1S/C27H40ClF3N4O4/c1-32-16-23(12-18-5-7-27(30,31)8-6-18)34-25(36)35-10-3-4-19(17-35)24(39-11-9-33-26(37)38-2)20-13-21(28)15-22(29)14-20/h13-15,18-19,23-24,32H,3-12,16-17H2,1-2H3,(H,33,37)(H,34,36). The van der Waals surface area contributed by atoms with Crippen LogP contribution in [0.5, 0.6) is 0 Å². The Kier molecular flexibility index (Phi) is 12.0. The fourth-order valence-electron chi connectivity index (χ4n) is 5.54. The summed E-state index contributed by atoms with van der Waals surface area (Å²) in [5, 5.41) is 8.99. The van der Waals surface area contributed by atoms with E-state index in [9.17, 15) is 22.8 Å². The van der Waals surface area contributed by atoms with Gasteiger partial charge in [-0.3, -0.25) is 0 Å². The van der Waals surface area contributed by atoms with E-state index in [0.717, 1.165) is 12.8 Å². The molecule has 1 aromatic carbocycles. The third-order valence-electron chi connectivity index (χ3n) is 7.47. The average molecular weight is 577 g/mol. The lowest BCUT2D eigenvalue weighted by Gasteiger charge is -2.38. The largest absolute Gasteiger partial charge is 0.453 e. The molecule has 1 aliphatic heterocycles. The summed E-state index contributed by atoms with van der Waals surface area (Å²) in [5.41, 5.74) is 0.562. The Morgan fingerprint density at radius 2 is 1.95 bits per heavy atom. The van der Waals surface area contributed by atoms with Crippen LogP contribution in [0.2, 0.25) is 5.02 Å². The van der Waals surface area contributed by atoms with E-state index in [1.54, 1.807) is 18.0 Å². The summed E-state index contributed by atoms with van der Waals surface area (Å²) in [4.78, 5) is 26.4. The summed E-state index contributed by atoms with van der Waals surface area (Å²) in [7, 11) is 3.07. The molecule has 39 heavy (non-hydrogen) atoms. The lowest BCUT2D eigenvalue weighted by molar-refractivity contribution is -0.0473. The lowest BCUT2D eigenvalue weighted by Crippen LogP contribution is -2.52. The van der Waals surface area contributed by atoms with Crippen LogP contribution in [0.4, 0.5) is 22.8 Å². The first kappa shape index (κ1) is 31.3. The predicted octanol–water partition coefficient (Wildman–Crippen LogP) is 5.12. The zero-order chi connectivity index (χ0) is 28.4. The molecule has 1 saturated carbocycles. The highest BCUT2D eigenvalue weighted by molar-refractivity contribution is 6.30. The molecule has 12 heteroatoms. The van der Waals surface area contributed by atoms with Crippen molar-refractivity contribution in [2.24, 2.45) is 11.8 Å². The van der Waals surface area contributed by atoms with Crippen molar-refractivity contribution in [2.45, 2.75) is 63.0 Å². The Bertz CT molecular complexity index is 927. The molecule has 2 aliphatic rings. The molecule has 3 N–H and O–H groups in total. The van der Waals surface area contributed by atoms with Crippen molar-refractivity contribution in [2.75, 3.05) is 46.9 Å². The number of carbonyl (C=O) groups is 2. The smallest absolute Gasteiger partial charge is 0.406 e. The van der Waals surface area contributed by atoms with Crippen molar-refractivity contribution < 1.29 is 32.2 Å². The van der Waals surface area contributed by atoms with Crippen LogP contribution in [0.1, 0.15) is 56.6 Å². The Labute approximate surface area is 233 Å². The fraction of sp³-hybridized carbons (Fsp3) is 0.704. The summed E-state index contributed by atoms with van der Waals surface area (Å²) >= 11 is 6.13. The number of alkyl halides is 2. The number of methoxy groups -OCH3 is 1. The number of piperidine rings is 1. The molecule has 0 bridgehead atoms. The van der Waals surface area contributed by atoms with Crippen LogP contribution in [0.15, 0.2) is 18.2 Å². The van der Waals surface area contributed by atoms with Gasteiger partial charge in [-0.25, -0.2) is 22.8 Å². The number of ether oxygens (including phenoxy) is 2. The number of amides is 3. The summed E-state index contributed by atoms with van der Waals surface area (Å²) in [6.45, 7) is 1.83. The van der Waals surface area contributed by atoms with Crippen molar-refractivity contribution in [3.8, 4) is 0 Å². The zero-order valence-corrected chi connectivity index (χ0v) is 23.4. The molecule has 1 heterocycles. The van der Waals surface area contributed by atoms with E-state index >= 15 is 0 Å². The monoisotopic (exact) mass is 576 g/mol. The third kappa shape index (κ3) is 10.0. The van der Waals surface area contributed by atoms with Crippen molar-refractivity contribution in [3.05, 3.63) is 34.6 Å². The Balaban J connectivity index is 1.64. The fourth-order valence-corrected chi connectivity index (χ4v) is 5.77. The number of nitrogens with zero attached hydrogens (tertiary/aromatic N) is 1. The molecule has 3 unspecified atom stereocenters. The van der Waals surface area contributed by atoms with Gasteiger partial charge in [-0.2, -0.15) is 0 Å². The predicted molar refractivity (Wildman–Crippen MR) is 143 cm³/mol. The second kappa shape index (κ2) is 14.9. The van der Waals surface area contributed by atoms with Crippen LogP contribution in [-0.2, 0) is 9.47 Å². The number of hydrogen-bond acceptors (Lipinski definition) is 5. The van der Waals surface area contributed by atoms with Gasteiger partial charge in [0.25, 0.3) is 0 Å². The molecular formula is C27H40ClF3N4O4. The molecule has 1 saturated heterocycles. The van der Waals surface area contributed by atoms with E-state index < -0.39 is 23.9 Å². The van der Waals surface area contributed by atoms with E-state index in [0.29, 0.717) is 44.5 Å². The van der Waals surface area contributed by atoms with Gasteiger partial charge in [0, 0.05) is 56.0 Å². The van der Waals surface area contributed by atoms with Crippen LogP contribution in [0, 0.1) is 17.7 Å². The van der Waals surface area contributed by atoms with Crippen LogP contribution in [-0.4, -0.2) is 75.9 Å². The molecule has 0 aromatic heterocycles. The zero-order valence-electron chi connectivity index (χ0n) is 22.6. The first-order valence-corrected chi connectivity index (χ1v) is 13.9. The molecule has 220 valence electrons. The third-order valence-corrected chi connectivity index (χ3v) is 7.69. The van der Waals surface area contributed by atoms with Crippen molar-refractivity contribution >= 4 is 23.7 Å². The van der Waals surface area contributed by atoms with Gasteiger partial charge in [0.2, 0.25) is 5.92 Å². The minimum Gasteiger partial charge on any atom is -0.453 e. The quantitative estimate of drug-likeness (QED) is 0.318. The van der Waals surface area contributed by atoms with Gasteiger partial charge in [0.1, 0.15) is 5.82 Å². The highest BCUT2D eigenvalue weighted by Gasteiger charge is 2.36. The molecule has 8 nitrogen and oxygen atoms in total. The first-order valence-electron chi connectivity index (χ1n) is 13.6. The number of nitrogens with one attached hydrogen (secondary N) is 3. The van der Waals surface area contributed by atoms with Crippen molar-refractivity contribution in [1.82, 2.24) is 20.9 Å². The second-order valence-corrected chi connectivity index (χ2v) is 10.9. The van der Waals surface area contributed by atoms with E-state index in [2.05, 4.69) is 20.7 Å². The number of alkyl carbamates (subject to hydrolysis) is 1. The Hall–Kier alpha value is -2.24. The van der Waals surface area contributed by atoms with Crippen molar-refractivity contribution in [3.63, 3.8) is 0 Å². The molecule has 0 radical (unpaired) electrons. The number of rotatable bonds is 11. The normalized spacial score (nSPS) is 21.2. The first-order chi connectivity index (χ1) is 18.6. The number of likely N-dealkylation sites (N-methyl/N-ethyl adjacent to an activating group) is 1. The highest BCUT2D eigenvalue weighted by Crippen LogP contribution is 2.38. The Morgan fingerprint density at radius 3 is 2.62 bits per heavy atom. The van der Waals surface area contributed by atoms with E-state index in [1.807, 2.05) is 0 Å².